The molecule has 3 nitrogen and oxygen atoms in total. The molecular weight excluding hydrogens is 226 g/mol. The lowest BCUT2D eigenvalue weighted by Crippen LogP contribution is -2.27. The van der Waals surface area contributed by atoms with E-state index in [2.05, 4.69) is 0 Å². The average Bonchev–Trinajstić information content (AvgIpc) is 2.26. The van der Waals surface area contributed by atoms with Crippen molar-refractivity contribution in [3.05, 3.63) is 34.9 Å². The van der Waals surface area contributed by atoms with Crippen LogP contribution < -0.4 is 5.73 Å². The van der Waals surface area contributed by atoms with E-state index in [4.69, 9.17) is 22.1 Å². The second kappa shape index (κ2) is 6.51. The van der Waals surface area contributed by atoms with E-state index in [1.807, 2.05) is 18.2 Å². The molecule has 0 radical (unpaired) electrons. The maximum absolute atomic E-state index is 11.5. The predicted molar refractivity (Wildman–Crippen MR) is 64.3 cm³/mol. The molecule has 4 heteroatoms. The van der Waals surface area contributed by atoms with Crippen LogP contribution in [0, 0.1) is 5.92 Å². The normalized spacial score (nSPS) is 12.2. The van der Waals surface area contributed by atoms with E-state index >= 15 is 0 Å². The summed E-state index contributed by atoms with van der Waals surface area (Å²) in [5.74, 6) is -0.539. The molecule has 0 aliphatic heterocycles. The van der Waals surface area contributed by atoms with Crippen LogP contribution in [-0.4, -0.2) is 19.1 Å². The fourth-order valence-electron chi connectivity index (χ4n) is 1.47. The smallest absolute Gasteiger partial charge is 0.310 e. The Morgan fingerprint density at radius 1 is 1.56 bits per heavy atom. The van der Waals surface area contributed by atoms with Crippen LogP contribution in [0.2, 0.25) is 5.02 Å². The van der Waals surface area contributed by atoms with E-state index in [9.17, 15) is 4.79 Å². The molecule has 0 saturated heterocycles. The number of carbonyl (C=O) groups excluding carboxylic acids is 1. The van der Waals surface area contributed by atoms with Crippen molar-refractivity contribution in [1.82, 2.24) is 0 Å². The summed E-state index contributed by atoms with van der Waals surface area (Å²) in [6.45, 7) is 2.45. The number of esters is 1. The van der Waals surface area contributed by atoms with Crippen LogP contribution in [0.1, 0.15) is 12.5 Å². The fourth-order valence-corrected chi connectivity index (χ4v) is 1.68. The third-order valence-electron chi connectivity index (χ3n) is 2.28. The molecule has 1 rings (SSSR count). The second-order valence-electron chi connectivity index (χ2n) is 3.52. The van der Waals surface area contributed by atoms with Gasteiger partial charge in [-0.05, 0) is 31.0 Å². The molecule has 0 aromatic heterocycles. The van der Waals surface area contributed by atoms with Crippen molar-refractivity contribution < 1.29 is 9.53 Å². The molecule has 0 fully saturated rings. The molecule has 0 heterocycles. The molecule has 0 amide bonds. The second-order valence-corrected chi connectivity index (χ2v) is 3.96. The van der Waals surface area contributed by atoms with E-state index in [1.165, 1.54) is 0 Å². The van der Waals surface area contributed by atoms with Crippen molar-refractivity contribution in [2.75, 3.05) is 13.2 Å². The first-order valence-corrected chi connectivity index (χ1v) is 5.66. The van der Waals surface area contributed by atoms with Crippen LogP contribution in [0.4, 0.5) is 0 Å². The summed E-state index contributed by atoms with van der Waals surface area (Å²) in [7, 11) is 0. The molecule has 1 atom stereocenters. The van der Waals surface area contributed by atoms with Crippen LogP contribution >= 0.6 is 11.6 Å². The van der Waals surface area contributed by atoms with Crippen molar-refractivity contribution in [2.45, 2.75) is 13.3 Å². The Bertz CT molecular complexity index is 355. The summed E-state index contributed by atoms with van der Waals surface area (Å²) >= 11 is 5.86. The van der Waals surface area contributed by atoms with Crippen LogP contribution in [-0.2, 0) is 16.0 Å². The lowest BCUT2D eigenvalue weighted by atomic mass is 10.00. The molecule has 0 bridgehead atoms. The van der Waals surface area contributed by atoms with Crippen molar-refractivity contribution in [3.63, 3.8) is 0 Å². The topological polar surface area (TPSA) is 52.3 Å². The number of halogens is 1. The molecule has 1 aromatic carbocycles. The van der Waals surface area contributed by atoms with E-state index in [0.29, 0.717) is 18.1 Å². The highest BCUT2D eigenvalue weighted by molar-refractivity contribution is 6.30. The van der Waals surface area contributed by atoms with Gasteiger partial charge in [0.2, 0.25) is 0 Å². The number of benzene rings is 1. The summed E-state index contributed by atoms with van der Waals surface area (Å²) in [4.78, 5) is 11.5. The summed E-state index contributed by atoms with van der Waals surface area (Å²) in [6.07, 6.45) is 0.565. The SMILES string of the molecule is CCOC(=O)C(CN)Cc1cccc(Cl)c1. The van der Waals surface area contributed by atoms with Crippen LogP contribution in [0.25, 0.3) is 0 Å². The van der Waals surface area contributed by atoms with Gasteiger partial charge in [-0.1, -0.05) is 23.7 Å². The summed E-state index contributed by atoms with van der Waals surface area (Å²) in [5, 5.41) is 0.664. The Morgan fingerprint density at radius 2 is 2.31 bits per heavy atom. The first-order chi connectivity index (χ1) is 7.67. The van der Waals surface area contributed by atoms with E-state index in [0.717, 1.165) is 5.56 Å². The average molecular weight is 242 g/mol. The van der Waals surface area contributed by atoms with Crippen molar-refractivity contribution >= 4 is 17.6 Å². The molecule has 16 heavy (non-hydrogen) atoms. The van der Waals surface area contributed by atoms with Gasteiger partial charge in [-0.15, -0.1) is 0 Å². The van der Waals surface area contributed by atoms with E-state index in [1.54, 1.807) is 13.0 Å². The highest BCUT2D eigenvalue weighted by Gasteiger charge is 2.18. The van der Waals surface area contributed by atoms with Crippen LogP contribution in [0.3, 0.4) is 0 Å². The van der Waals surface area contributed by atoms with Gasteiger partial charge in [-0.25, -0.2) is 0 Å². The highest BCUT2D eigenvalue weighted by atomic mass is 35.5. The zero-order chi connectivity index (χ0) is 12.0. The number of carbonyl (C=O) groups is 1. The van der Waals surface area contributed by atoms with Gasteiger partial charge in [0, 0.05) is 11.6 Å². The Kier molecular flexibility index (Phi) is 5.29. The van der Waals surface area contributed by atoms with Gasteiger partial charge in [0.25, 0.3) is 0 Å². The lowest BCUT2D eigenvalue weighted by Gasteiger charge is -2.13. The summed E-state index contributed by atoms with van der Waals surface area (Å²) in [6, 6.07) is 7.42. The minimum atomic E-state index is -0.293. The molecule has 0 saturated carbocycles. The fraction of sp³-hybridized carbons (Fsp3) is 0.417. The molecular formula is C12H16ClNO2. The van der Waals surface area contributed by atoms with Gasteiger partial charge in [0.05, 0.1) is 12.5 Å². The molecule has 0 aliphatic carbocycles. The van der Waals surface area contributed by atoms with E-state index in [-0.39, 0.29) is 18.4 Å². The molecule has 1 unspecified atom stereocenters. The highest BCUT2D eigenvalue weighted by Crippen LogP contribution is 2.15. The number of ether oxygens (including phenoxy) is 1. The Balaban J connectivity index is 2.66. The van der Waals surface area contributed by atoms with Crippen molar-refractivity contribution in [2.24, 2.45) is 11.7 Å². The minimum Gasteiger partial charge on any atom is -0.466 e. The molecule has 0 spiro atoms. The third kappa shape index (κ3) is 3.83. The summed E-state index contributed by atoms with van der Waals surface area (Å²) in [5.41, 5.74) is 6.55. The van der Waals surface area contributed by atoms with Crippen LogP contribution in [0.5, 0.6) is 0 Å². The first kappa shape index (κ1) is 13.0. The van der Waals surface area contributed by atoms with Crippen molar-refractivity contribution in [1.29, 1.82) is 0 Å². The van der Waals surface area contributed by atoms with Gasteiger partial charge < -0.3 is 10.5 Å². The number of hydrogen-bond donors (Lipinski definition) is 1. The Labute approximate surface area is 101 Å². The molecule has 0 aliphatic rings. The Morgan fingerprint density at radius 3 is 2.88 bits per heavy atom. The molecule has 2 N–H and O–H groups in total. The number of nitrogens with two attached hydrogens (primary N) is 1. The largest absolute Gasteiger partial charge is 0.466 e. The maximum atomic E-state index is 11.5. The Hall–Kier alpha value is -1.06. The zero-order valence-electron chi connectivity index (χ0n) is 9.28. The van der Waals surface area contributed by atoms with Crippen molar-refractivity contribution in [3.8, 4) is 0 Å². The first-order valence-electron chi connectivity index (χ1n) is 5.28. The molecule has 88 valence electrons. The predicted octanol–water partition coefficient (Wildman–Crippen LogP) is 2.02. The van der Waals surface area contributed by atoms with Gasteiger partial charge in [0.15, 0.2) is 0 Å². The van der Waals surface area contributed by atoms with E-state index < -0.39 is 0 Å². The number of hydrogen-bond acceptors (Lipinski definition) is 3. The zero-order valence-corrected chi connectivity index (χ0v) is 10.0. The van der Waals surface area contributed by atoms with Crippen LogP contribution in [0.15, 0.2) is 24.3 Å². The van der Waals surface area contributed by atoms with Gasteiger partial charge in [0.1, 0.15) is 0 Å². The van der Waals surface area contributed by atoms with Gasteiger partial charge in [-0.3, -0.25) is 4.79 Å². The third-order valence-corrected chi connectivity index (χ3v) is 2.51. The standard InChI is InChI=1S/C12H16ClNO2/c1-2-16-12(15)10(8-14)6-9-4-3-5-11(13)7-9/h3-5,7,10H,2,6,8,14H2,1H3. The minimum absolute atomic E-state index is 0.245. The molecule has 1 aromatic rings. The maximum Gasteiger partial charge on any atom is 0.310 e. The van der Waals surface area contributed by atoms with Gasteiger partial charge >= 0.3 is 5.97 Å². The quantitative estimate of drug-likeness (QED) is 0.803. The lowest BCUT2D eigenvalue weighted by molar-refractivity contribution is -0.147. The number of rotatable bonds is 5. The summed E-state index contributed by atoms with van der Waals surface area (Å²) < 4.78 is 4.95. The van der Waals surface area contributed by atoms with Gasteiger partial charge in [-0.2, -0.15) is 0 Å². The monoisotopic (exact) mass is 241 g/mol.